The lowest BCUT2D eigenvalue weighted by Crippen LogP contribution is -2.57. The van der Waals surface area contributed by atoms with Gasteiger partial charge in [-0.25, -0.2) is 0 Å². The fraction of sp³-hybridized carbons (Fsp3) is 0.483. The van der Waals surface area contributed by atoms with Crippen LogP contribution in [0.1, 0.15) is 27.2 Å². The topological polar surface area (TPSA) is 117 Å². The number of ether oxygens (including phenoxy) is 2. The molecule has 5 rings (SSSR count). The number of benzene rings is 2. The lowest BCUT2D eigenvalue weighted by molar-refractivity contribution is -0.144. The van der Waals surface area contributed by atoms with E-state index in [1.807, 2.05) is 20.8 Å². The molecule has 2 aromatic rings. The first kappa shape index (κ1) is 28.9. The number of nitrogens with zero attached hydrogens (tertiary/aromatic N) is 1. The van der Waals surface area contributed by atoms with Gasteiger partial charge in [-0.1, -0.05) is 41.4 Å². The Morgan fingerprint density at radius 2 is 1.73 bits per heavy atom. The molecule has 2 aromatic carbocycles. The molecule has 11 heteroatoms. The smallest absolute Gasteiger partial charge is 0.250 e. The summed E-state index contributed by atoms with van der Waals surface area (Å²) in [5, 5.41) is 16.7. The lowest BCUT2D eigenvalue weighted by atomic mass is 9.70. The van der Waals surface area contributed by atoms with Crippen LogP contribution in [0.5, 0.6) is 5.75 Å². The minimum Gasteiger partial charge on any atom is -0.494 e. The third-order valence-corrected chi connectivity index (χ3v) is 9.23. The number of alkyl halides is 1. The first-order chi connectivity index (χ1) is 19.1. The number of hydrogen-bond acceptors (Lipinski definition) is 6. The van der Waals surface area contributed by atoms with Crippen molar-refractivity contribution in [3.63, 3.8) is 0 Å². The molecule has 3 fully saturated rings. The van der Waals surface area contributed by atoms with Gasteiger partial charge in [-0.3, -0.25) is 14.4 Å². The highest BCUT2D eigenvalue weighted by Crippen LogP contribution is 2.60. The SMILES string of the molecule is CCOc1ccc(NC(=O)[C@H]2[C@@H]3OC4(CC3Br)C(C(=O)Nc3ccc(Cl)cc3)N([C@@H](CO)C(C)C)C(=O)[C@H]24)cc1. The molecule has 0 saturated carbocycles. The summed E-state index contributed by atoms with van der Waals surface area (Å²) < 4.78 is 12.0. The number of carbonyl (C=O) groups excluding carboxylic acids is 3. The van der Waals surface area contributed by atoms with E-state index in [-0.39, 0.29) is 29.2 Å². The van der Waals surface area contributed by atoms with E-state index in [0.29, 0.717) is 35.2 Å². The maximum absolute atomic E-state index is 14.2. The zero-order chi connectivity index (χ0) is 28.8. The second kappa shape index (κ2) is 11.3. The number of amides is 3. The van der Waals surface area contributed by atoms with Gasteiger partial charge in [0, 0.05) is 21.2 Å². The summed E-state index contributed by atoms with van der Waals surface area (Å²) in [4.78, 5) is 43.1. The van der Waals surface area contributed by atoms with E-state index >= 15 is 0 Å². The maximum Gasteiger partial charge on any atom is 0.250 e. The van der Waals surface area contributed by atoms with Crippen LogP contribution in [0.4, 0.5) is 11.4 Å². The van der Waals surface area contributed by atoms with Crippen molar-refractivity contribution in [2.75, 3.05) is 23.8 Å². The van der Waals surface area contributed by atoms with Crippen LogP contribution in [0.3, 0.4) is 0 Å². The molecule has 2 bridgehead atoms. The number of carbonyl (C=O) groups is 3. The highest BCUT2D eigenvalue weighted by molar-refractivity contribution is 9.09. The summed E-state index contributed by atoms with van der Waals surface area (Å²) in [7, 11) is 0. The van der Waals surface area contributed by atoms with Gasteiger partial charge in [0.15, 0.2) is 0 Å². The number of hydrogen-bond donors (Lipinski definition) is 3. The fourth-order valence-corrected chi connectivity index (χ4v) is 7.48. The monoisotopic (exact) mass is 633 g/mol. The number of anilines is 2. The normalized spacial score (nSPS) is 29.4. The van der Waals surface area contributed by atoms with Gasteiger partial charge in [-0.05, 0) is 67.8 Å². The average molecular weight is 635 g/mol. The summed E-state index contributed by atoms with van der Waals surface area (Å²) in [5.74, 6) is -2.35. The molecule has 3 N–H and O–H groups in total. The molecule has 214 valence electrons. The Morgan fingerprint density at radius 1 is 1.12 bits per heavy atom. The van der Waals surface area contributed by atoms with Gasteiger partial charge in [-0.15, -0.1) is 0 Å². The van der Waals surface area contributed by atoms with E-state index in [1.165, 1.54) is 4.90 Å². The Morgan fingerprint density at radius 3 is 2.30 bits per heavy atom. The largest absolute Gasteiger partial charge is 0.494 e. The zero-order valence-corrected chi connectivity index (χ0v) is 24.8. The minimum atomic E-state index is -1.24. The molecular formula is C29H33BrClN3O6. The third-order valence-electron chi connectivity index (χ3n) is 8.14. The Balaban J connectivity index is 1.49. The van der Waals surface area contributed by atoms with Crippen LogP contribution in [0.25, 0.3) is 0 Å². The number of fused-ring (bicyclic) bond motifs is 1. The molecule has 0 aliphatic carbocycles. The van der Waals surface area contributed by atoms with E-state index in [1.54, 1.807) is 48.5 Å². The van der Waals surface area contributed by atoms with E-state index in [9.17, 15) is 19.5 Å². The van der Waals surface area contributed by atoms with Gasteiger partial charge in [0.1, 0.15) is 17.4 Å². The van der Waals surface area contributed by atoms with Crippen molar-refractivity contribution in [3.05, 3.63) is 53.6 Å². The summed E-state index contributed by atoms with van der Waals surface area (Å²) in [6, 6.07) is 12.0. The molecule has 3 saturated heterocycles. The molecule has 3 amide bonds. The summed E-state index contributed by atoms with van der Waals surface area (Å²) in [6.07, 6.45) is -0.233. The van der Waals surface area contributed by atoms with Gasteiger partial charge in [0.2, 0.25) is 17.7 Å². The molecule has 9 nitrogen and oxygen atoms in total. The second-order valence-corrected chi connectivity index (χ2v) is 12.5. The van der Waals surface area contributed by atoms with Crippen molar-refractivity contribution in [2.45, 2.75) is 55.8 Å². The van der Waals surface area contributed by atoms with Crippen LogP contribution in [0.2, 0.25) is 5.02 Å². The summed E-state index contributed by atoms with van der Waals surface area (Å²) in [5.41, 5.74) is -0.166. The number of aliphatic hydroxyl groups excluding tert-OH is 1. The van der Waals surface area contributed by atoms with Crippen LogP contribution in [0.15, 0.2) is 48.5 Å². The average Bonchev–Trinajstić information content (AvgIpc) is 3.50. The predicted octanol–water partition coefficient (Wildman–Crippen LogP) is 4.08. The standard InChI is InChI=1S/C29H33BrClN3O6/c1-4-39-19-11-9-18(10-12-19)32-26(36)22-23-28(38)34(21(14-35)15(2)3)25(29(23)13-20(30)24(22)40-29)27(37)33-17-7-5-16(31)6-8-17/h5-12,15,20-25,35H,4,13-14H2,1-3H3,(H,32,36)(H,33,37)/t20?,21-,22+,23-,24+,25?,29?/m0/s1. The molecule has 1 spiro atoms. The molecule has 3 aliphatic rings. The molecule has 7 atom stereocenters. The molecular weight excluding hydrogens is 602 g/mol. The van der Waals surface area contributed by atoms with Crippen molar-refractivity contribution in [2.24, 2.45) is 17.8 Å². The number of likely N-dealkylation sites (tertiary alicyclic amines) is 1. The Bertz CT molecular complexity index is 1280. The summed E-state index contributed by atoms with van der Waals surface area (Å²) >= 11 is 9.69. The van der Waals surface area contributed by atoms with Crippen molar-refractivity contribution >= 4 is 56.6 Å². The van der Waals surface area contributed by atoms with E-state index in [0.717, 1.165) is 0 Å². The Labute approximate surface area is 246 Å². The molecule has 3 heterocycles. The number of aliphatic hydroxyl groups is 1. The predicted molar refractivity (Wildman–Crippen MR) is 155 cm³/mol. The molecule has 40 heavy (non-hydrogen) atoms. The van der Waals surface area contributed by atoms with E-state index < -0.39 is 41.5 Å². The molecule has 0 aromatic heterocycles. The van der Waals surface area contributed by atoms with Crippen LogP contribution >= 0.6 is 27.5 Å². The Kier molecular flexibility index (Phi) is 8.16. The van der Waals surface area contributed by atoms with Gasteiger partial charge in [0.05, 0.1) is 37.2 Å². The third kappa shape index (κ3) is 4.89. The van der Waals surface area contributed by atoms with Crippen molar-refractivity contribution in [1.29, 1.82) is 0 Å². The zero-order valence-electron chi connectivity index (χ0n) is 22.5. The quantitative estimate of drug-likeness (QED) is 0.358. The first-order valence-electron chi connectivity index (χ1n) is 13.5. The fourth-order valence-electron chi connectivity index (χ4n) is 6.41. The van der Waals surface area contributed by atoms with Gasteiger partial charge < -0.3 is 30.1 Å². The number of nitrogens with one attached hydrogen (secondary N) is 2. The van der Waals surface area contributed by atoms with Gasteiger partial charge >= 0.3 is 0 Å². The minimum absolute atomic E-state index is 0.150. The van der Waals surface area contributed by atoms with Gasteiger partial charge in [-0.2, -0.15) is 0 Å². The Hall–Kier alpha value is -2.66. The highest BCUT2D eigenvalue weighted by Gasteiger charge is 2.77. The first-order valence-corrected chi connectivity index (χ1v) is 14.8. The molecule has 3 unspecified atom stereocenters. The number of rotatable bonds is 9. The van der Waals surface area contributed by atoms with Crippen molar-refractivity contribution in [1.82, 2.24) is 4.90 Å². The molecule has 3 aliphatic heterocycles. The van der Waals surface area contributed by atoms with Crippen LogP contribution < -0.4 is 15.4 Å². The van der Waals surface area contributed by atoms with Crippen molar-refractivity contribution < 1.29 is 29.0 Å². The molecule has 0 radical (unpaired) electrons. The highest BCUT2D eigenvalue weighted by atomic mass is 79.9. The second-order valence-electron chi connectivity index (χ2n) is 10.8. The lowest BCUT2D eigenvalue weighted by Gasteiger charge is -2.38. The van der Waals surface area contributed by atoms with Crippen LogP contribution in [0, 0.1) is 17.8 Å². The summed E-state index contributed by atoms with van der Waals surface area (Å²) in [6.45, 7) is 5.86. The number of halogens is 2. The van der Waals surface area contributed by atoms with E-state index in [2.05, 4.69) is 26.6 Å². The van der Waals surface area contributed by atoms with Crippen LogP contribution in [-0.4, -0.2) is 69.6 Å². The van der Waals surface area contributed by atoms with Crippen molar-refractivity contribution in [3.8, 4) is 5.75 Å². The van der Waals surface area contributed by atoms with Crippen LogP contribution in [-0.2, 0) is 19.1 Å². The van der Waals surface area contributed by atoms with Gasteiger partial charge in [0.25, 0.3) is 0 Å². The maximum atomic E-state index is 14.2. The van der Waals surface area contributed by atoms with E-state index in [4.69, 9.17) is 21.1 Å².